The van der Waals surface area contributed by atoms with E-state index in [2.05, 4.69) is 14.9 Å². The molecule has 0 fully saturated rings. The zero-order valence-electron chi connectivity index (χ0n) is 12.5. The number of hydrogen-bond donors (Lipinski definition) is 1. The molecule has 21 heavy (non-hydrogen) atoms. The number of nitrogens with one attached hydrogen (secondary N) is 1. The summed E-state index contributed by atoms with van der Waals surface area (Å²) in [5, 5.41) is 3.89. The molecule has 5 nitrogen and oxygen atoms in total. The number of nitrogens with zero attached hydrogens (tertiary/aromatic N) is 2. The highest BCUT2D eigenvalue weighted by Crippen LogP contribution is 2.29. The van der Waals surface area contributed by atoms with Gasteiger partial charge in [-0.15, -0.1) is 0 Å². The topological polar surface area (TPSA) is 48.3 Å². The van der Waals surface area contributed by atoms with Crippen molar-refractivity contribution in [1.82, 2.24) is 9.55 Å². The second kappa shape index (κ2) is 7.33. The van der Waals surface area contributed by atoms with Crippen LogP contribution < -0.4 is 10.1 Å². The van der Waals surface area contributed by atoms with Gasteiger partial charge >= 0.3 is 0 Å². The van der Waals surface area contributed by atoms with Crippen LogP contribution in [0.2, 0.25) is 5.02 Å². The molecule has 1 aromatic carbocycles. The standard InChI is InChI=1S/C15H20ClN3O2/c1-11-10-19(7-4-8-20-2)15(17-11)18-14-9-12(21-3)5-6-13(14)16/h5-6,9-10H,4,7-8H2,1-3H3,(H,17,18). The molecule has 1 N–H and O–H groups in total. The minimum Gasteiger partial charge on any atom is -0.497 e. The first-order valence-corrected chi connectivity index (χ1v) is 7.15. The molecular formula is C15H20ClN3O2. The molecule has 0 unspecified atom stereocenters. The van der Waals surface area contributed by atoms with Crippen LogP contribution in [0.4, 0.5) is 11.6 Å². The molecule has 0 saturated carbocycles. The summed E-state index contributed by atoms with van der Waals surface area (Å²) in [4.78, 5) is 4.49. The lowest BCUT2D eigenvalue weighted by atomic mass is 10.3. The van der Waals surface area contributed by atoms with E-state index in [9.17, 15) is 0 Å². The van der Waals surface area contributed by atoms with Gasteiger partial charge in [-0.05, 0) is 25.5 Å². The van der Waals surface area contributed by atoms with Gasteiger partial charge in [-0.25, -0.2) is 4.98 Å². The summed E-state index contributed by atoms with van der Waals surface area (Å²) in [6.45, 7) is 3.51. The van der Waals surface area contributed by atoms with Crippen molar-refractivity contribution in [3.63, 3.8) is 0 Å². The van der Waals surface area contributed by atoms with Crippen LogP contribution in [0.15, 0.2) is 24.4 Å². The van der Waals surface area contributed by atoms with E-state index in [0.29, 0.717) is 5.02 Å². The molecule has 0 amide bonds. The predicted octanol–water partition coefficient (Wildman–Crippen LogP) is 3.63. The summed E-state index contributed by atoms with van der Waals surface area (Å²) in [7, 11) is 3.33. The van der Waals surface area contributed by atoms with Crippen LogP contribution in [-0.4, -0.2) is 30.4 Å². The molecule has 2 rings (SSSR count). The molecule has 114 valence electrons. The van der Waals surface area contributed by atoms with Crippen LogP contribution in [-0.2, 0) is 11.3 Å². The second-order valence-corrected chi connectivity index (χ2v) is 5.12. The van der Waals surface area contributed by atoms with Crippen molar-refractivity contribution in [2.75, 3.05) is 26.1 Å². The van der Waals surface area contributed by atoms with Gasteiger partial charge in [0.15, 0.2) is 0 Å². The number of halogens is 1. The molecule has 0 bridgehead atoms. The molecule has 1 aromatic heterocycles. The third kappa shape index (κ3) is 4.12. The summed E-state index contributed by atoms with van der Waals surface area (Å²) in [6.07, 6.45) is 2.93. The van der Waals surface area contributed by atoms with E-state index in [1.165, 1.54) is 0 Å². The molecule has 2 aromatic rings. The van der Waals surface area contributed by atoms with Crippen LogP contribution in [0, 0.1) is 6.92 Å². The fraction of sp³-hybridized carbons (Fsp3) is 0.400. The van der Waals surface area contributed by atoms with E-state index >= 15 is 0 Å². The molecule has 0 aliphatic carbocycles. The number of hydrogen-bond acceptors (Lipinski definition) is 4. The Hall–Kier alpha value is -1.72. The SMILES string of the molecule is COCCCn1cc(C)nc1Nc1cc(OC)ccc1Cl. The lowest BCUT2D eigenvalue weighted by molar-refractivity contribution is 0.190. The van der Waals surface area contributed by atoms with Crippen LogP contribution in [0.1, 0.15) is 12.1 Å². The maximum atomic E-state index is 6.21. The smallest absolute Gasteiger partial charge is 0.207 e. The zero-order valence-corrected chi connectivity index (χ0v) is 13.3. The van der Waals surface area contributed by atoms with Gasteiger partial charge < -0.3 is 19.4 Å². The van der Waals surface area contributed by atoms with Crippen molar-refractivity contribution in [3.8, 4) is 5.75 Å². The molecular weight excluding hydrogens is 290 g/mol. The van der Waals surface area contributed by atoms with Gasteiger partial charge in [0.05, 0.1) is 23.5 Å². The van der Waals surface area contributed by atoms with E-state index in [1.807, 2.05) is 25.3 Å². The molecule has 0 aliphatic rings. The van der Waals surface area contributed by atoms with Gasteiger partial charge in [0.25, 0.3) is 0 Å². The first-order chi connectivity index (χ1) is 10.1. The van der Waals surface area contributed by atoms with E-state index in [-0.39, 0.29) is 0 Å². The largest absolute Gasteiger partial charge is 0.497 e. The molecule has 6 heteroatoms. The van der Waals surface area contributed by atoms with Crippen molar-refractivity contribution in [2.24, 2.45) is 0 Å². The summed E-state index contributed by atoms with van der Waals surface area (Å²) in [5.41, 5.74) is 1.73. The quantitative estimate of drug-likeness (QED) is 0.793. The van der Waals surface area contributed by atoms with Crippen LogP contribution in [0.3, 0.4) is 0 Å². The molecule has 0 atom stereocenters. The lowest BCUT2D eigenvalue weighted by Crippen LogP contribution is -2.05. The number of rotatable bonds is 7. The minimum absolute atomic E-state index is 0.625. The average Bonchev–Trinajstić information content (AvgIpc) is 2.81. The zero-order chi connectivity index (χ0) is 15.2. The molecule has 1 heterocycles. The monoisotopic (exact) mass is 309 g/mol. The number of imidazole rings is 1. The summed E-state index contributed by atoms with van der Waals surface area (Å²) >= 11 is 6.21. The lowest BCUT2D eigenvalue weighted by Gasteiger charge is -2.12. The van der Waals surface area contributed by atoms with Gasteiger partial charge in [0, 0.05) is 32.5 Å². The fourth-order valence-corrected chi connectivity index (χ4v) is 2.21. The number of ether oxygens (including phenoxy) is 2. The number of aryl methyl sites for hydroxylation is 2. The Morgan fingerprint density at radius 1 is 1.33 bits per heavy atom. The molecule has 0 aliphatic heterocycles. The normalized spacial score (nSPS) is 10.7. The Balaban J connectivity index is 2.18. The Morgan fingerprint density at radius 3 is 2.86 bits per heavy atom. The maximum Gasteiger partial charge on any atom is 0.207 e. The summed E-state index contributed by atoms with van der Waals surface area (Å²) in [5.74, 6) is 1.51. The van der Waals surface area contributed by atoms with Crippen molar-refractivity contribution in [2.45, 2.75) is 19.9 Å². The minimum atomic E-state index is 0.625. The van der Waals surface area contributed by atoms with Crippen LogP contribution in [0.25, 0.3) is 0 Å². The van der Waals surface area contributed by atoms with Gasteiger partial charge in [0.1, 0.15) is 5.75 Å². The third-order valence-corrected chi connectivity index (χ3v) is 3.39. The van der Waals surface area contributed by atoms with E-state index in [4.69, 9.17) is 21.1 Å². The van der Waals surface area contributed by atoms with E-state index in [0.717, 1.165) is 42.7 Å². The second-order valence-electron chi connectivity index (χ2n) is 4.72. The number of methoxy groups -OCH3 is 2. The Bertz CT molecular complexity index is 599. The molecule has 0 spiro atoms. The van der Waals surface area contributed by atoms with Crippen molar-refractivity contribution in [1.29, 1.82) is 0 Å². The third-order valence-electron chi connectivity index (χ3n) is 3.06. The Kier molecular flexibility index (Phi) is 5.47. The van der Waals surface area contributed by atoms with Crippen LogP contribution >= 0.6 is 11.6 Å². The van der Waals surface area contributed by atoms with Crippen LogP contribution in [0.5, 0.6) is 5.75 Å². The number of anilines is 2. The number of benzene rings is 1. The summed E-state index contributed by atoms with van der Waals surface area (Å²) in [6, 6.07) is 5.48. The first kappa shape index (κ1) is 15.7. The summed E-state index contributed by atoms with van der Waals surface area (Å²) < 4.78 is 12.4. The highest BCUT2D eigenvalue weighted by atomic mass is 35.5. The highest BCUT2D eigenvalue weighted by Gasteiger charge is 2.09. The van der Waals surface area contributed by atoms with Gasteiger partial charge in [-0.1, -0.05) is 11.6 Å². The number of aromatic nitrogens is 2. The fourth-order valence-electron chi connectivity index (χ4n) is 2.04. The predicted molar refractivity (Wildman–Crippen MR) is 84.7 cm³/mol. The first-order valence-electron chi connectivity index (χ1n) is 6.77. The Labute approximate surface area is 129 Å². The van der Waals surface area contributed by atoms with E-state index in [1.54, 1.807) is 20.3 Å². The van der Waals surface area contributed by atoms with Crippen molar-refractivity contribution >= 4 is 23.2 Å². The maximum absolute atomic E-state index is 6.21. The van der Waals surface area contributed by atoms with Gasteiger partial charge in [-0.3, -0.25) is 0 Å². The van der Waals surface area contributed by atoms with E-state index < -0.39 is 0 Å². The van der Waals surface area contributed by atoms with Gasteiger partial charge in [-0.2, -0.15) is 0 Å². The average molecular weight is 310 g/mol. The van der Waals surface area contributed by atoms with Gasteiger partial charge in [0.2, 0.25) is 5.95 Å². The molecule has 0 radical (unpaired) electrons. The Morgan fingerprint density at radius 2 is 2.14 bits per heavy atom. The highest BCUT2D eigenvalue weighted by molar-refractivity contribution is 6.33. The van der Waals surface area contributed by atoms with Crippen molar-refractivity contribution in [3.05, 3.63) is 35.1 Å². The van der Waals surface area contributed by atoms with Crippen molar-refractivity contribution < 1.29 is 9.47 Å². The molecule has 0 saturated heterocycles.